The minimum Gasteiger partial charge on any atom is -0.356 e. The van der Waals surface area contributed by atoms with E-state index in [0.29, 0.717) is 22.7 Å². The molecule has 0 bridgehead atoms. The zero-order valence-corrected chi connectivity index (χ0v) is 11.5. The summed E-state index contributed by atoms with van der Waals surface area (Å²) in [5.74, 6) is 0.602. The van der Waals surface area contributed by atoms with Crippen molar-refractivity contribution >= 4 is 33.3 Å². The number of anilines is 2. The van der Waals surface area contributed by atoms with E-state index in [-0.39, 0.29) is 18.7 Å². The summed E-state index contributed by atoms with van der Waals surface area (Å²) < 4.78 is 39.1. The van der Waals surface area contributed by atoms with E-state index in [2.05, 4.69) is 20.6 Å². The Morgan fingerprint density at radius 3 is 2.70 bits per heavy atom. The fourth-order valence-corrected chi connectivity index (χ4v) is 2.78. The Morgan fingerprint density at radius 1 is 1.35 bits per heavy atom. The third kappa shape index (κ3) is 2.17. The number of thiophene rings is 1. The molecule has 1 aliphatic rings. The molecule has 0 radical (unpaired) electrons. The Kier molecular flexibility index (Phi) is 3.00. The molecule has 2 N–H and O–H groups in total. The highest BCUT2D eigenvalue weighted by atomic mass is 32.1. The smallest absolute Gasteiger partial charge is 0.356 e. The summed E-state index contributed by atoms with van der Waals surface area (Å²) in [5.41, 5.74) is -1.82. The first-order chi connectivity index (χ1) is 9.45. The molecule has 2 aromatic heterocycles. The number of alkyl halides is 3. The Hall–Kier alpha value is -1.57. The zero-order chi connectivity index (χ0) is 14.4. The predicted molar refractivity (Wildman–Crippen MR) is 73.2 cm³/mol. The summed E-state index contributed by atoms with van der Waals surface area (Å²) in [4.78, 5) is 9.13. The standard InChI is InChI=1S/C12H13F3N4S/c1-2-16-10-17-8(7-3-6-20-9(7)18-10)19-11(4-5-11)12(13,14)15/h3,6H,2,4-5H2,1H3,(H2,16,17,18,19). The summed E-state index contributed by atoms with van der Waals surface area (Å²) >= 11 is 1.38. The SMILES string of the molecule is CCNc1nc(NC2(C(F)(F)F)CC2)c2ccsc2n1. The summed E-state index contributed by atoms with van der Waals surface area (Å²) in [6.07, 6.45) is -4.09. The molecule has 0 atom stereocenters. The topological polar surface area (TPSA) is 49.8 Å². The molecule has 0 aliphatic heterocycles. The maximum atomic E-state index is 13.0. The van der Waals surface area contributed by atoms with Gasteiger partial charge in [-0.1, -0.05) is 0 Å². The van der Waals surface area contributed by atoms with Crippen molar-refractivity contribution in [3.05, 3.63) is 11.4 Å². The maximum absolute atomic E-state index is 13.0. The molecule has 2 heterocycles. The van der Waals surface area contributed by atoms with Gasteiger partial charge in [0.2, 0.25) is 5.95 Å². The van der Waals surface area contributed by atoms with Crippen LogP contribution >= 0.6 is 11.3 Å². The molecule has 0 unspecified atom stereocenters. The van der Waals surface area contributed by atoms with Gasteiger partial charge in [0.15, 0.2) is 0 Å². The molecule has 1 aliphatic carbocycles. The number of nitrogens with zero attached hydrogens (tertiary/aromatic N) is 2. The van der Waals surface area contributed by atoms with Crippen molar-refractivity contribution in [3.63, 3.8) is 0 Å². The Labute approximate surface area is 117 Å². The van der Waals surface area contributed by atoms with Crippen molar-refractivity contribution < 1.29 is 13.2 Å². The van der Waals surface area contributed by atoms with Gasteiger partial charge < -0.3 is 10.6 Å². The van der Waals surface area contributed by atoms with Crippen LogP contribution in [-0.4, -0.2) is 28.2 Å². The van der Waals surface area contributed by atoms with E-state index in [0.717, 1.165) is 0 Å². The number of fused-ring (bicyclic) bond motifs is 1. The third-order valence-corrected chi connectivity index (χ3v) is 4.12. The zero-order valence-electron chi connectivity index (χ0n) is 10.7. The van der Waals surface area contributed by atoms with Crippen LogP contribution in [0.15, 0.2) is 11.4 Å². The van der Waals surface area contributed by atoms with Gasteiger partial charge in [-0.15, -0.1) is 11.3 Å². The van der Waals surface area contributed by atoms with Crippen LogP contribution in [0.3, 0.4) is 0 Å². The summed E-state index contributed by atoms with van der Waals surface area (Å²) in [6, 6.07) is 1.74. The van der Waals surface area contributed by atoms with Gasteiger partial charge in [0, 0.05) is 6.54 Å². The van der Waals surface area contributed by atoms with Crippen LogP contribution in [0.2, 0.25) is 0 Å². The van der Waals surface area contributed by atoms with Crippen LogP contribution in [-0.2, 0) is 0 Å². The van der Waals surface area contributed by atoms with E-state index in [1.165, 1.54) is 11.3 Å². The van der Waals surface area contributed by atoms with Crippen LogP contribution in [0.5, 0.6) is 0 Å². The lowest BCUT2D eigenvalue weighted by atomic mass is 10.2. The summed E-state index contributed by atoms with van der Waals surface area (Å²) in [5, 5.41) is 7.96. The van der Waals surface area contributed by atoms with Crippen LogP contribution in [0.25, 0.3) is 10.2 Å². The molecule has 1 saturated carbocycles. The van der Waals surface area contributed by atoms with Crippen molar-refractivity contribution in [3.8, 4) is 0 Å². The van der Waals surface area contributed by atoms with E-state index < -0.39 is 11.7 Å². The van der Waals surface area contributed by atoms with Crippen LogP contribution < -0.4 is 10.6 Å². The van der Waals surface area contributed by atoms with Gasteiger partial charge in [-0.3, -0.25) is 0 Å². The molecule has 0 amide bonds. The fraction of sp³-hybridized carbons (Fsp3) is 0.500. The number of rotatable bonds is 4. The van der Waals surface area contributed by atoms with Gasteiger partial charge in [0.05, 0.1) is 5.39 Å². The molecule has 4 nitrogen and oxygen atoms in total. The fourth-order valence-electron chi connectivity index (χ4n) is 2.02. The van der Waals surface area contributed by atoms with Gasteiger partial charge in [0.25, 0.3) is 0 Å². The van der Waals surface area contributed by atoms with Crippen LogP contribution in [0.4, 0.5) is 24.9 Å². The Morgan fingerprint density at radius 2 is 2.10 bits per heavy atom. The molecule has 0 spiro atoms. The highest BCUT2D eigenvalue weighted by Gasteiger charge is 2.63. The lowest BCUT2D eigenvalue weighted by Crippen LogP contribution is -2.39. The van der Waals surface area contributed by atoms with Crippen molar-refractivity contribution in [2.24, 2.45) is 0 Å². The number of nitrogens with one attached hydrogen (secondary N) is 2. The number of aromatic nitrogens is 2. The second-order valence-electron chi connectivity index (χ2n) is 4.77. The van der Waals surface area contributed by atoms with Crippen molar-refractivity contribution in [2.45, 2.75) is 31.5 Å². The van der Waals surface area contributed by atoms with Crippen molar-refractivity contribution in [1.82, 2.24) is 9.97 Å². The van der Waals surface area contributed by atoms with Gasteiger partial charge >= 0.3 is 6.18 Å². The molecule has 0 aromatic carbocycles. The molecule has 20 heavy (non-hydrogen) atoms. The number of hydrogen-bond donors (Lipinski definition) is 2. The van der Waals surface area contributed by atoms with E-state index in [9.17, 15) is 13.2 Å². The second-order valence-corrected chi connectivity index (χ2v) is 5.67. The van der Waals surface area contributed by atoms with Crippen LogP contribution in [0, 0.1) is 0 Å². The van der Waals surface area contributed by atoms with E-state index in [4.69, 9.17) is 0 Å². The largest absolute Gasteiger partial charge is 0.411 e. The summed E-state index contributed by atoms with van der Waals surface area (Å²) in [7, 11) is 0. The van der Waals surface area contributed by atoms with Gasteiger partial charge in [-0.2, -0.15) is 18.2 Å². The average Bonchev–Trinajstić information content (AvgIpc) is 3.00. The minimum atomic E-state index is -4.27. The quantitative estimate of drug-likeness (QED) is 0.905. The molecule has 108 valence electrons. The van der Waals surface area contributed by atoms with Crippen molar-refractivity contribution in [2.75, 3.05) is 17.2 Å². The molecule has 1 fully saturated rings. The normalized spacial score (nSPS) is 17.2. The monoisotopic (exact) mass is 302 g/mol. The Balaban J connectivity index is 2.00. The first kappa shape index (κ1) is 13.4. The third-order valence-electron chi connectivity index (χ3n) is 3.31. The molecule has 3 rings (SSSR count). The molecule has 0 saturated heterocycles. The highest BCUT2D eigenvalue weighted by molar-refractivity contribution is 7.16. The molecular weight excluding hydrogens is 289 g/mol. The average molecular weight is 302 g/mol. The molecular formula is C12H13F3N4S. The lowest BCUT2D eigenvalue weighted by molar-refractivity contribution is -0.151. The van der Waals surface area contributed by atoms with Gasteiger partial charge in [0.1, 0.15) is 16.2 Å². The molecule has 2 aromatic rings. The first-order valence-corrected chi connectivity index (χ1v) is 7.17. The first-order valence-electron chi connectivity index (χ1n) is 6.29. The van der Waals surface area contributed by atoms with Crippen molar-refractivity contribution in [1.29, 1.82) is 0 Å². The number of hydrogen-bond acceptors (Lipinski definition) is 5. The minimum absolute atomic E-state index is 0.0860. The Bertz CT molecular complexity index is 633. The predicted octanol–water partition coefficient (Wildman–Crippen LogP) is 3.63. The van der Waals surface area contributed by atoms with E-state index >= 15 is 0 Å². The van der Waals surface area contributed by atoms with Gasteiger partial charge in [-0.05, 0) is 31.2 Å². The van der Waals surface area contributed by atoms with E-state index in [1.54, 1.807) is 11.4 Å². The number of halogens is 3. The second kappa shape index (κ2) is 4.47. The lowest BCUT2D eigenvalue weighted by Gasteiger charge is -2.22. The molecule has 8 heteroatoms. The van der Waals surface area contributed by atoms with E-state index in [1.807, 2.05) is 6.92 Å². The summed E-state index contributed by atoms with van der Waals surface area (Å²) in [6.45, 7) is 2.49. The highest BCUT2D eigenvalue weighted by Crippen LogP contribution is 2.51. The van der Waals surface area contributed by atoms with Crippen LogP contribution in [0.1, 0.15) is 19.8 Å². The maximum Gasteiger partial charge on any atom is 0.411 e. The van der Waals surface area contributed by atoms with Gasteiger partial charge in [-0.25, -0.2) is 4.98 Å².